The van der Waals surface area contributed by atoms with Crippen molar-refractivity contribution >= 4 is 22.6 Å². The first-order valence-corrected chi connectivity index (χ1v) is 12.6. The molecule has 0 saturated carbocycles. The van der Waals surface area contributed by atoms with Crippen LogP contribution in [0, 0.1) is 0 Å². The number of phenols is 1. The summed E-state index contributed by atoms with van der Waals surface area (Å²) >= 11 is 6.61. The van der Waals surface area contributed by atoms with Gasteiger partial charge in [0.1, 0.15) is 16.8 Å². The number of nitrogens with zero attached hydrogens (tertiary/aromatic N) is 2. The van der Waals surface area contributed by atoms with Crippen molar-refractivity contribution in [1.29, 1.82) is 0 Å². The summed E-state index contributed by atoms with van der Waals surface area (Å²) in [4.78, 5) is 0. The van der Waals surface area contributed by atoms with Gasteiger partial charge in [-0.25, -0.2) is 0 Å². The van der Waals surface area contributed by atoms with Crippen molar-refractivity contribution in [2.24, 2.45) is 0 Å². The first-order chi connectivity index (χ1) is 15.7. The van der Waals surface area contributed by atoms with Crippen molar-refractivity contribution in [3.63, 3.8) is 0 Å². The van der Waals surface area contributed by atoms with Gasteiger partial charge in [-0.15, -0.1) is 0 Å². The van der Waals surface area contributed by atoms with E-state index >= 15 is 0 Å². The molecule has 0 saturated heterocycles. The van der Waals surface area contributed by atoms with Gasteiger partial charge in [-0.05, 0) is 35.6 Å². The second kappa shape index (κ2) is 11.3. The molecular weight excluding hydrogens is 434 g/mol. The lowest BCUT2D eigenvalue weighted by Gasteiger charge is -2.25. The van der Waals surface area contributed by atoms with Crippen LogP contribution in [0.3, 0.4) is 0 Å². The molecule has 33 heavy (non-hydrogen) atoms. The number of fused-ring (bicyclic) bond motifs is 1. The van der Waals surface area contributed by atoms with E-state index in [0.29, 0.717) is 33.8 Å². The van der Waals surface area contributed by atoms with Crippen LogP contribution in [0.25, 0.3) is 22.2 Å². The lowest BCUT2D eigenvalue weighted by molar-refractivity contribution is 0.119. The van der Waals surface area contributed by atoms with Crippen LogP contribution in [0.5, 0.6) is 5.75 Å². The molecule has 2 N–H and O–H groups in total. The van der Waals surface area contributed by atoms with Gasteiger partial charge in [-0.3, -0.25) is 0 Å². The highest BCUT2D eigenvalue weighted by Gasteiger charge is 2.25. The summed E-state index contributed by atoms with van der Waals surface area (Å²) in [6.45, 7) is 12.2. The second-order valence-electron chi connectivity index (χ2n) is 10.1. The molecule has 5 nitrogen and oxygen atoms in total. The number of rotatable bonds is 11. The Morgan fingerprint density at radius 1 is 1.06 bits per heavy atom. The van der Waals surface area contributed by atoms with Crippen LogP contribution in [-0.4, -0.2) is 33.7 Å². The van der Waals surface area contributed by atoms with E-state index in [-0.39, 0.29) is 17.1 Å². The third-order valence-electron chi connectivity index (χ3n) is 6.23. The van der Waals surface area contributed by atoms with E-state index in [2.05, 4.69) is 56.1 Å². The topological polar surface area (TPSA) is 71.0 Å². The number of aromatic amines is 1. The normalized spacial score (nSPS) is 13.0. The molecule has 0 aliphatic carbocycles. The molecule has 0 bridgehead atoms. The molecule has 1 aromatic heterocycles. The highest BCUT2D eigenvalue weighted by molar-refractivity contribution is 6.35. The number of halogens is 1. The summed E-state index contributed by atoms with van der Waals surface area (Å²) in [6, 6.07) is 7.76. The number of aromatic nitrogens is 3. The molecule has 1 atom stereocenters. The molecule has 1 unspecified atom stereocenters. The highest BCUT2D eigenvalue weighted by atomic mass is 35.5. The van der Waals surface area contributed by atoms with Crippen molar-refractivity contribution in [2.45, 2.75) is 84.5 Å². The summed E-state index contributed by atoms with van der Waals surface area (Å²) in [7, 11) is 0. The maximum absolute atomic E-state index is 11.3. The number of H-pyrrole nitrogens is 1. The van der Waals surface area contributed by atoms with Gasteiger partial charge in [0, 0.05) is 29.2 Å². The zero-order valence-electron chi connectivity index (χ0n) is 20.7. The Kier molecular flexibility index (Phi) is 8.77. The largest absolute Gasteiger partial charge is 0.507 e. The number of nitrogens with one attached hydrogen (secondary N) is 1. The number of hydrogen-bond donors (Lipinski definition) is 2. The SMILES string of the molecule is CCCCCCCCOCC(C)c1cc(-c2c(Cl)ccc3n[nH]nc23)c(O)c(C(C)(C)C)c1. The fourth-order valence-corrected chi connectivity index (χ4v) is 4.44. The molecule has 0 amide bonds. The Morgan fingerprint density at radius 3 is 2.52 bits per heavy atom. The van der Waals surface area contributed by atoms with Gasteiger partial charge in [0.15, 0.2) is 0 Å². The molecule has 0 aliphatic heterocycles. The average molecular weight is 472 g/mol. The zero-order chi connectivity index (χ0) is 24.0. The Labute approximate surface area is 202 Å². The summed E-state index contributed by atoms with van der Waals surface area (Å²) in [5.41, 5.74) is 4.52. The average Bonchev–Trinajstić information content (AvgIpc) is 3.24. The van der Waals surface area contributed by atoms with Gasteiger partial charge >= 0.3 is 0 Å². The maximum Gasteiger partial charge on any atom is 0.127 e. The van der Waals surface area contributed by atoms with Crippen molar-refractivity contribution in [3.8, 4) is 16.9 Å². The van der Waals surface area contributed by atoms with Gasteiger partial charge in [0.2, 0.25) is 0 Å². The van der Waals surface area contributed by atoms with E-state index in [4.69, 9.17) is 16.3 Å². The summed E-state index contributed by atoms with van der Waals surface area (Å²) in [6.07, 6.45) is 7.54. The lowest BCUT2D eigenvalue weighted by Crippen LogP contribution is -2.14. The number of aromatic hydroxyl groups is 1. The van der Waals surface area contributed by atoms with Crippen LogP contribution in [0.1, 0.15) is 90.2 Å². The van der Waals surface area contributed by atoms with Crippen LogP contribution in [-0.2, 0) is 10.2 Å². The standard InChI is InChI=1S/C27H38ClN3O2/c1-6-7-8-9-10-11-14-33-17-18(2)19-15-20(26(32)21(16-19)27(3,4)5)24-22(28)12-13-23-25(24)30-31-29-23/h12-13,15-16,18,32H,6-11,14,17H2,1-5H3,(H,29,30,31). The van der Waals surface area contributed by atoms with Crippen LogP contribution in [0.2, 0.25) is 5.02 Å². The molecular formula is C27H38ClN3O2. The van der Waals surface area contributed by atoms with E-state index in [1.54, 1.807) is 6.07 Å². The monoisotopic (exact) mass is 471 g/mol. The molecule has 2 aromatic carbocycles. The predicted molar refractivity (Wildman–Crippen MR) is 137 cm³/mol. The zero-order valence-corrected chi connectivity index (χ0v) is 21.4. The number of ether oxygens (including phenoxy) is 1. The van der Waals surface area contributed by atoms with Crippen LogP contribution in [0.4, 0.5) is 0 Å². The molecule has 0 radical (unpaired) electrons. The summed E-state index contributed by atoms with van der Waals surface area (Å²) < 4.78 is 6.02. The second-order valence-corrected chi connectivity index (χ2v) is 10.5. The molecule has 0 aliphatic rings. The quantitative estimate of drug-likeness (QED) is 0.280. The predicted octanol–water partition coefficient (Wildman–Crippen LogP) is 7.76. The minimum absolute atomic E-state index is 0.181. The van der Waals surface area contributed by atoms with Crippen LogP contribution >= 0.6 is 11.6 Å². The minimum Gasteiger partial charge on any atom is -0.507 e. The van der Waals surface area contributed by atoms with Gasteiger partial charge in [0.05, 0.1) is 11.6 Å². The Morgan fingerprint density at radius 2 is 1.79 bits per heavy atom. The Balaban J connectivity index is 1.84. The van der Waals surface area contributed by atoms with Gasteiger partial charge in [-0.1, -0.05) is 84.4 Å². The molecule has 6 heteroatoms. The fraction of sp³-hybridized carbons (Fsp3) is 0.556. The van der Waals surface area contributed by atoms with Crippen molar-refractivity contribution in [2.75, 3.05) is 13.2 Å². The number of unbranched alkanes of at least 4 members (excludes halogenated alkanes) is 5. The Bertz CT molecular complexity index is 1060. The van der Waals surface area contributed by atoms with Crippen molar-refractivity contribution in [3.05, 3.63) is 40.4 Å². The van der Waals surface area contributed by atoms with Gasteiger partial charge < -0.3 is 9.84 Å². The third-order valence-corrected chi connectivity index (χ3v) is 6.54. The number of benzene rings is 2. The van der Waals surface area contributed by atoms with E-state index < -0.39 is 0 Å². The molecule has 180 valence electrons. The third kappa shape index (κ3) is 6.27. The number of phenolic OH excluding ortho intramolecular Hbond substituents is 1. The van der Waals surface area contributed by atoms with E-state index in [1.807, 2.05) is 12.1 Å². The highest BCUT2D eigenvalue weighted by Crippen LogP contribution is 2.44. The minimum atomic E-state index is -0.238. The Hall–Kier alpha value is -2.11. The molecule has 3 rings (SSSR count). The molecule has 3 aromatic rings. The number of hydrogen-bond acceptors (Lipinski definition) is 4. The summed E-state index contributed by atoms with van der Waals surface area (Å²) in [5.74, 6) is 0.421. The maximum atomic E-state index is 11.3. The van der Waals surface area contributed by atoms with E-state index in [9.17, 15) is 5.11 Å². The van der Waals surface area contributed by atoms with Crippen molar-refractivity contribution in [1.82, 2.24) is 15.4 Å². The van der Waals surface area contributed by atoms with Gasteiger partial charge in [-0.2, -0.15) is 15.4 Å². The molecule has 0 fully saturated rings. The molecule has 0 spiro atoms. The van der Waals surface area contributed by atoms with Crippen molar-refractivity contribution < 1.29 is 9.84 Å². The lowest BCUT2D eigenvalue weighted by atomic mass is 9.81. The fourth-order valence-electron chi connectivity index (χ4n) is 4.19. The smallest absolute Gasteiger partial charge is 0.127 e. The van der Waals surface area contributed by atoms with E-state index in [0.717, 1.165) is 24.2 Å². The first-order valence-electron chi connectivity index (χ1n) is 12.2. The molecule has 1 heterocycles. The van der Waals surface area contributed by atoms with E-state index in [1.165, 1.54) is 32.1 Å². The van der Waals surface area contributed by atoms with Gasteiger partial charge in [0.25, 0.3) is 0 Å². The van der Waals surface area contributed by atoms with Crippen LogP contribution < -0.4 is 0 Å². The summed E-state index contributed by atoms with van der Waals surface area (Å²) in [5, 5.41) is 23.0. The van der Waals surface area contributed by atoms with Crippen LogP contribution in [0.15, 0.2) is 24.3 Å². The first kappa shape index (κ1) is 25.5.